The molecule has 1 aliphatic heterocycles. The van der Waals surface area contributed by atoms with Crippen LogP contribution in [0.25, 0.3) is 0 Å². The standard InChI is InChI=1S/C17H22ClNO2/c1-12(20)13-6-7-15-14(10-13)17(2,3)11-16(21)19(15)9-5-4-8-18/h6-7,10H,4-5,8-9,11H2,1-3H3. The number of unbranched alkanes of at least 4 members (excludes halogenated alkanes) is 1. The Kier molecular flexibility index (Phi) is 4.72. The van der Waals surface area contributed by atoms with Crippen LogP contribution in [0.15, 0.2) is 18.2 Å². The van der Waals surface area contributed by atoms with E-state index in [1.54, 1.807) is 6.92 Å². The monoisotopic (exact) mass is 307 g/mol. The predicted octanol–water partition coefficient (Wildman–Crippen LogP) is 3.92. The highest BCUT2D eigenvalue weighted by Gasteiger charge is 2.36. The maximum absolute atomic E-state index is 12.4. The minimum Gasteiger partial charge on any atom is -0.312 e. The first-order valence-corrected chi connectivity index (χ1v) is 7.92. The van der Waals surface area contributed by atoms with E-state index in [0.29, 0.717) is 24.4 Å². The van der Waals surface area contributed by atoms with Crippen molar-refractivity contribution in [3.8, 4) is 0 Å². The number of Topliss-reactive ketones (excluding diaryl/α,β-unsaturated/α-hetero) is 1. The van der Waals surface area contributed by atoms with E-state index in [9.17, 15) is 9.59 Å². The number of ketones is 1. The van der Waals surface area contributed by atoms with Crippen molar-refractivity contribution in [2.24, 2.45) is 0 Å². The smallest absolute Gasteiger partial charge is 0.227 e. The molecule has 0 aliphatic carbocycles. The number of fused-ring (bicyclic) bond motifs is 1. The summed E-state index contributed by atoms with van der Waals surface area (Å²) < 4.78 is 0. The number of halogens is 1. The van der Waals surface area contributed by atoms with Crippen LogP contribution in [-0.4, -0.2) is 24.1 Å². The topological polar surface area (TPSA) is 37.4 Å². The van der Waals surface area contributed by atoms with E-state index in [-0.39, 0.29) is 17.1 Å². The van der Waals surface area contributed by atoms with E-state index in [4.69, 9.17) is 11.6 Å². The van der Waals surface area contributed by atoms with Crippen LogP contribution in [0.5, 0.6) is 0 Å². The first-order chi connectivity index (χ1) is 9.86. The molecular formula is C17H22ClNO2. The summed E-state index contributed by atoms with van der Waals surface area (Å²) in [6.45, 7) is 6.38. The van der Waals surface area contributed by atoms with E-state index in [2.05, 4.69) is 13.8 Å². The van der Waals surface area contributed by atoms with Crippen LogP contribution in [0.4, 0.5) is 5.69 Å². The molecule has 114 valence electrons. The Morgan fingerprint density at radius 1 is 1.33 bits per heavy atom. The number of hydrogen-bond donors (Lipinski definition) is 0. The van der Waals surface area contributed by atoms with E-state index in [0.717, 1.165) is 24.1 Å². The van der Waals surface area contributed by atoms with Crippen molar-refractivity contribution in [3.63, 3.8) is 0 Å². The van der Waals surface area contributed by atoms with Gasteiger partial charge in [-0.05, 0) is 43.5 Å². The van der Waals surface area contributed by atoms with Crippen molar-refractivity contribution in [2.45, 2.75) is 45.4 Å². The first-order valence-electron chi connectivity index (χ1n) is 7.38. The highest BCUT2D eigenvalue weighted by Crippen LogP contribution is 2.40. The summed E-state index contributed by atoms with van der Waals surface area (Å²) in [7, 11) is 0. The number of rotatable bonds is 5. The average Bonchev–Trinajstić information content (AvgIpc) is 2.41. The fourth-order valence-corrected chi connectivity index (χ4v) is 3.03. The van der Waals surface area contributed by atoms with Crippen molar-refractivity contribution in [3.05, 3.63) is 29.3 Å². The quantitative estimate of drug-likeness (QED) is 0.470. The maximum Gasteiger partial charge on any atom is 0.227 e. The van der Waals surface area contributed by atoms with Crippen molar-refractivity contribution < 1.29 is 9.59 Å². The molecule has 1 aromatic carbocycles. The first kappa shape index (κ1) is 16.0. The molecule has 0 spiro atoms. The molecule has 21 heavy (non-hydrogen) atoms. The fraction of sp³-hybridized carbons (Fsp3) is 0.529. The molecule has 1 aliphatic rings. The molecule has 3 nitrogen and oxygen atoms in total. The van der Waals surface area contributed by atoms with Gasteiger partial charge in [0.15, 0.2) is 5.78 Å². The van der Waals surface area contributed by atoms with Crippen molar-refractivity contribution in [2.75, 3.05) is 17.3 Å². The van der Waals surface area contributed by atoms with Crippen molar-refractivity contribution in [1.82, 2.24) is 0 Å². The van der Waals surface area contributed by atoms with Gasteiger partial charge in [0.2, 0.25) is 5.91 Å². The molecule has 0 atom stereocenters. The molecule has 0 unspecified atom stereocenters. The summed E-state index contributed by atoms with van der Waals surface area (Å²) in [6, 6.07) is 5.66. The fourth-order valence-electron chi connectivity index (χ4n) is 2.85. The lowest BCUT2D eigenvalue weighted by molar-refractivity contribution is -0.120. The predicted molar refractivity (Wildman–Crippen MR) is 86.4 cm³/mol. The number of benzene rings is 1. The van der Waals surface area contributed by atoms with Gasteiger partial charge in [-0.3, -0.25) is 9.59 Å². The molecule has 1 aromatic rings. The van der Waals surface area contributed by atoms with Gasteiger partial charge in [0.05, 0.1) is 0 Å². The van der Waals surface area contributed by atoms with Gasteiger partial charge in [0, 0.05) is 35.5 Å². The lowest BCUT2D eigenvalue weighted by Crippen LogP contribution is -2.42. The minimum absolute atomic E-state index is 0.0548. The van der Waals surface area contributed by atoms with Gasteiger partial charge in [0.25, 0.3) is 0 Å². The molecule has 0 fully saturated rings. The number of amides is 1. The molecule has 0 radical (unpaired) electrons. The molecule has 0 saturated heterocycles. The highest BCUT2D eigenvalue weighted by atomic mass is 35.5. The van der Waals surface area contributed by atoms with Crippen LogP contribution in [0.2, 0.25) is 0 Å². The Hall–Kier alpha value is -1.35. The van der Waals surface area contributed by atoms with Crippen LogP contribution >= 0.6 is 11.6 Å². The molecule has 0 aromatic heterocycles. The second-order valence-corrected chi connectivity index (χ2v) is 6.67. The molecule has 0 N–H and O–H groups in total. The zero-order valence-electron chi connectivity index (χ0n) is 12.9. The zero-order valence-corrected chi connectivity index (χ0v) is 13.7. The molecule has 0 saturated carbocycles. The van der Waals surface area contributed by atoms with Crippen LogP contribution in [0, 0.1) is 0 Å². The Morgan fingerprint density at radius 3 is 2.67 bits per heavy atom. The third-order valence-corrected chi connectivity index (χ3v) is 4.35. The van der Waals surface area contributed by atoms with E-state index >= 15 is 0 Å². The number of hydrogen-bond acceptors (Lipinski definition) is 2. The number of nitrogens with zero attached hydrogens (tertiary/aromatic N) is 1. The largest absolute Gasteiger partial charge is 0.312 e. The van der Waals surface area contributed by atoms with Gasteiger partial charge in [0.1, 0.15) is 0 Å². The van der Waals surface area contributed by atoms with Crippen LogP contribution in [-0.2, 0) is 10.2 Å². The third kappa shape index (κ3) is 3.29. The molecule has 4 heteroatoms. The second-order valence-electron chi connectivity index (χ2n) is 6.29. The lowest BCUT2D eigenvalue weighted by Gasteiger charge is -2.39. The minimum atomic E-state index is -0.235. The SMILES string of the molecule is CC(=O)c1ccc2c(c1)C(C)(C)CC(=O)N2CCCCCl. The summed E-state index contributed by atoms with van der Waals surface area (Å²) in [6.07, 6.45) is 2.27. The Bertz CT molecular complexity index is 566. The third-order valence-electron chi connectivity index (χ3n) is 4.08. The summed E-state index contributed by atoms with van der Waals surface area (Å²) >= 11 is 5.72. The Labute approximate surface area is 131 Å². The van der Waals surface area contributed by atoms with Crippen molar-refractivity contribution in [1.29, 1.82) is 0 Å². The average molecular weight is 308 g/mol. The molecule has 1 amide bonds. The van der Waals surface area contributed by atoms with Gasteiger partial charge < -0.3 is 4.90 Å². The number of carbonyl (C=O) groups is 2. The summed E-state index contributed by atoms with van der Waals surface area (Å²) in [5, 5.41) is 0. The highest BCUT2D eigenvalue weighted by molar-refractivity contribution is 6.17. The molecule has 2 rings (SSSR count). The Morgan fingerprint density at radius 2 is 2.05 bits per heavy atom. The van der Waals surface area contributed by atoms with E-state index < -0.39 is 0 Å². The van der Waals surface area contributed by atoms with Gasteiger partial charge in [-0.2, -0.15) is 0 Å². The van der Waals surface area contributed by atoms with Gasteiger partial charge in [-0.1, -0.05) is 13.8 Å². The maximum atomic E-state index is 12.4. The Balaban J connectivity index is 2.40. The van der Waals surface area contributed by atoms with Crippen LogP contribution in [0.1, 0.15) is 56.0 Å². The lowest BCUT2D eigenvalue weighted by atomic mass is 9.76. The molecule has 1 heterocycles. The van der Waals surface area contributed by atoms with Gasteiger partial charge in [-0.25, -0.2) is 0 Å². The summed E-state index contributed by atoms with van der Waals surface area (Å²) in [4.78, 5) is 25.9. The van der Waals surface area contributed by atoms with Gasteiger partial charge >= 0.3 is 0 Å². The zero-order chi connectivity index (χ0) is 15.6. The van der Waals surface area contributed by atoms with Gasteiger partial charge in [-0.15, -0.1) is 11.6 Å². The number of alkyl halides is 1. The number of carbonyl (C=O) groups excluding carboxylic acids is 2. The van der Waals surface area contributed by atoms with Crippen LogP contribution in [0.3, 0.4) is 0 Å². The van der Waals surface area contributed by atoms with E-state index in [1.165, 1.54) is 0 Å². The van der Waals surface area contributed by atoms with Crippen molar-refractivity contribution >= 4 is 29.0 Å². The van der Waals surface area contributed by atoms with Crippen LogP contribution < -0.4 is 4.90 Å². The summed E-state index contributed by atoms with van der Waals surface area (Å²) in [5.74, 6) is 0.820. The number of anilines is 1. The normalized spacial score (nSPS) is 16.8. The summed E-state index contributed by atoms with van der Waals surface area (Å²) in [5.41, 5.74) is 2.49. The van der Waals surface area contributed by atoms with E-state index in [1.807, 2.05) is 23.1 Å². The molecular weight excluding hydrogens is 286 g/mol. The second kappa shape index (κ2) is 6.18. The molecule has 0 bridgehead atoms.